The van der Waals surface area contributed by atoms with Gasteiger partial charge >= 0.3 is 0 Å². The van der Waals surface area contributed by atoms with Gasteiger partial charge in [0, 0.05) is 5.41 Å². The van der Waals surface area contributed by atoms with E-state index in [9.17, 15) is 0 Å². The maximum Gasteiger partial charge on any atom is 0.00134 e. The predicted molar refractivity (Wildman–Crippen MR) is 62.2 cm³/mol. The zero-order chi connectivity index (χ0) is 10.0. The van der Waals surface area contributed by atoms with E-state index in [1.165, 1.54) is 32.1 Å². The van der Waals surface area contributed by atoms with Crippen LogP contribution in [0.3, 0.4) is 0 Å². The average Bonchev–Trinajstić information content (AvgIpc) is 2.36. The lowest BCUT2D eigenvalue weighted by molar-refractivity contribution is 0.618. The zero-order valence-electron chi connectivity index (χ0n) is 9.34. The molecule has 2 aliphatic carbocycles. The SMILES string of the molecule is CC1(C)C=CC=C2CCCCCC2=C1. The lowest BCUT2D eigenvalue weighted by Crippen LogP contribution is -2.03. The van der Waals surface area contributed by atoms with E-state index in [0.29, 0.717) is 0 Å². The van der Waals surface area contributed by atoms with Crippen molar-refractivity contribution in [3.63, 3.8) is 0 Å². The summed E-state index contributed by atoms with van der Waals surface area (Å²) in [6.07, 6.45) is 16.1. The molecular formula is C14H20. The molecule has 0 saturated heterocycles. The minimum Gasteiger partial charge on any atom is -0.0751 e. The molecule has 14 heavy (non-hydrogen) atoms. The summed E-state index contributed by atoms with van der Waals surface area (Å²) in [5, 5.41) is 0. The molecule has 0 radical (unpaired) electrons. The number of allylic oxidation sites excluding steroid dienone is 6. The highest BCUT2D eigenvalue weighted by Crippen LogP contribution is 2.34. The van der Waals surface area contributed by atoms with Crippen molar-refractivity contribution < 1.29 is 0 Å². The molecule has 1 fully saturated rings. The summed E-state index contributed by atoms with van der Waals surface area (Å²) in [4.78, 5) is 0. The second-order valence-corrected chi connectivity index (χ2v) is 5.10. The first-order valence-corrected chi connectivity index (χ1v) is 5.78. The molecule has 0 atom stereocenters. The highest BCUT2D eigenvalue weighted by molar-refractivity contribution is 5.39. The lowest BCUT2D eigenvalue weighted by Gasteiger charge is -2.16. The van der Waals surface area contributed by atoms with Crippen LogP contribution in [0.2, 0.25) is 0 Å². The molecule has 0 bridgehead atoms. The summed E-state index contributed by atoms with van der Waals surface area (Å²) in [5.41, 5.74) is 3.44. The van der Waals surface area contributed by atoms with E-state index in [4.69, 9.17) is 0 Å². The Morgan fingerprint density at radius 1 is 1.00 bits per heavy atom. The lowest BCUT2D eigenvalue weighted by atomic mass is 9.89. The van der Waals surface area contributed by atoms with E-state index in [1.54, 1.807) is 11.1 Å². The number of hydrogen-bond acceptors (Lipinski definition) is 0. The molecule has 0 aliphatic heterocycles. The highest BCUT2D eigenvalue weighted by Gasteiger charge is 2.17. The van der Waals surface area contributed by atoms with Gasteiger partial charge in [-0.25, -0.2) is 0 Å². The quantitative estimate of drug-likeness (QED) is 0.528. The molecule has 0 nitrogen and oxygen atoms in total. The first-order valence-electron chi connectivity index (χ1n) is 5.78. The predicted octanol–water partition coefficient (Wildman–Crippen LogP) is 4.40. The number of fused-ring (bicyclic) bond motifs is 1. The standard InChI is InChI=1S/C14H20/c1-14(2)10-6-9-12-7-4-3-5-8-13(12)11-14/h6,9-11H,3-5,7-8H2,1-2H3. The minimum absolute atomic E-state index is 0.248. The van der Waals surface area contributed by atoms with Crippen molar-refractivity contribution >= 4 is 0 Å². The molecule has 0 N–H and O–H groups in total. The normalized spacial score (nSPS) is 25.6. The Labute approximate surface area is 87.4 Å². The molecule has 1 saturated carbocycles. The third kappa shape index (κ3) is 2.17. The van der Waals surface area contributed by atoms with Crippen molar-refractivity contribution in [3.05, 3.63) is 35.5 Å². The largest absolute Gasteiger partial charge is 0.0751 e. The molecule has 0 heterocycles. The molecule has 0 amide bonds. The van der Waals surface area contributed by atoms with Crippen LogP contribution in [0.15, 0.2) is 35.5 Å². The van der Waals surface area contributed by atoms with Gasteiger partial charge in [-0.05, 0) is 36.8 Å². The Kier molecular flexibility index (Phi) is 2.62. The molecule has 76 valence electrons. The summed E-state index contributed by atoms with van der Waals surface area (Å²) >= 11 is 0. The van der Waals surface area contributed by atoms with E-state index in [-0.39, 0.29) is 5.41 Å². The van der Waals surface area contributed by atoms with E-state index in [2.05, 4.69) is 38.2 Å². The maximum absolute atomic E-state index is 2.47. The molecule has 0 aromatic rings. The Morgan fingerprint density at radius 2 is 1.71 bits per heavy atom. The fraction of sp³-hybridized carbons (Fsp3) is 0.571. The summed E-state index contributed by atoms with van der Waals surface area (Å²) < 4.78 is 0. The van der Waals surface area contributed by atoms with Crippen LogP contribution < -0.4 is 0 Å². The van der Waals surface area contributed by atoms with Gasteiger partial charge in [0.05, 0.1) is 0 Å². The van der Waals surface area contributed by atoms with Crippen molar-refractivity contribution in [1.29, 1.82) is 0 Å². The Morgan fingerprint density at radius 3 is 2.50 bits per heavy atom. The first-order chi connectivity index (χ1) is 6.67. The molecule has 2 rings (SSSR count). The van der Waals surface area contributed by atoms with Gasteiger partial charge < -0.3 is 0 Å². The second-order valence-electron chi connectivity index (χ2n) is 5.10. The van der Waals surface area contributed by atoms with E-state index in [0.717, 1.165) is 0 Å². The topological polar surface area (TPSA) is 0 Å². The van der Waals surface area contributed by atoms with E-state index in [1.807, 2.05) is 0 Å². The van der Waals surface area contributed by atoms with Crippen LogP contribution in [0.4, 0.5) is 0 Å². The van der Waals surface area contributed by atoms with Crippen LogP contribution in [0.5, 0.6) is 0 Å². The Bertz CT molecular complexity index is 300. The summed E-state index contributed by atoms with van der Waals surface area (Å²) in [6, 6.07) is 0. The molecule has 2 aliphatic rings. The molecule has 0 unspecified atom stereocenters. The van der Waals surface area contributed by atoms with Crippen molar-refractivity contribution in [2.45, 2.75) is 46.0 Å². The van der Waals surface area contributed by atoms with Crippen molar-refractivity contribution in [1.82, 2.24) is 0 Å². The van der Waals surface area contributed by atoms with E-state index >= 15 is 0 Å². The summed E-state index contributed by atoms with van der Waals surface area (Å²) in [6.45, 7) is 4.58. The van der Waals surface area contributed by atoms with Crippen LogP contribution in [0.1, 0.15) is 46.0 Å². The van der Waals surface area contributed by atoms with Crippen LogP contribution in [-0.2, 0) is 0 Å². The molecule has 0 aromatic carbocycles. The Hall–Kier alpha value is -0.780. The zero-order valence-corrected chi connectivity index (χ0v) is 9.34. The summed E-state index contributed by atoms with van der Waals surface area (Å²) in [5.74, 6) is 0. The third-order valence-corrected chi connectivity index (χ3v) is 3.17. The highest BCUT2D eigenvalue weighted by atomic mass is 14.2. The van der Waals surface area contributed by atoms with Crippen LogP contribution in [0, 0.1) is 5.41 Å². The second kappa shape index (κ2) is 3.76. The van der Waals surface area contributed by atoms with Gasteiger partial charge in [0.1, 0.15) is 0 Å². The van der Waals surface area contributed by atoms with Crippen LogP contribution in [-0.4, -0.2) is 0 Å². The van der Waals surface area contributed by atoms with Crippen molar-refractivity contribution in [2.75, 3.05) is 0 Å². The van der Waals surface area contributed by atoms with Crippen LogP contribution in [0.25, 0.3) is 0 Å². The molecular weight excluding hydrogens is 168 g/mol. The van der Waals surface area contributed by atoms with Gasteiger partial charge in [0.15, 0.2) is 0 Å². The molecule has 0 spiro atoms. The van der Waals surface area contributed by atoms with E-state index < -0.39 is 0 Å². The van der Waals surface area contributed by atoms with Gasteiger partial charge in [-0.1, -0.05) is 44.6 Å². The van der Waals surface area contributed by atoms with Gasteiger partial charge in [-0.15, -0.1) is 0 Å². The van der Waals surface area contributed by atoms with Crippen molar-refractivity contribution in [3.8, 4) is 0 Å². The number of rotatable bonds is 0. The fourth-order valence-corrected chi connectivity index (χ4v) is 2.39. The molecule has 0 aromatic heterocycles. The smallest absolute Gasteiger partial charge is 0.00134 e. The fourth-order valence-electron chi connectivity index (χ4n) is 2.39. The summed E-state index contributed by atoms with van der Waals surface area (Å²) in [7, 11) is 0. The van der Waals surface area contributed by atoms with Crippen molar-refractivity contribution in [2.24, 2.45) is 5.41 Å². The maximum atomic E-state index is 2.47. The average molecular weight is 188 g/mol. The monoisotopic (exact) mass is 188 g/mol. The first kappa shape index (κ1) is 9.76. The van der Waals surface area contributed by atoms with Gasteiger partial charge in [-0.2, -0.15) is 0 Å². The van der Waals surface area contributed by atoms with Gasteiger partial charge in [0.25, 0.3) is 0 Å². The van der Waals surface area contributed by atoms with Gasteiger partial charge in [-0.3, -0.25) is 0 Å². The number of hydrogen-bond donors (Lipinski definition) is 0. The van der Waals surface area contributed by atoms with Crippen LogP contribution >= 0.6 is 0 Å². The molecule has 0 heteroatoms. The Balaban J connectivity index is 2.33. The van der Waals surface area contributed by atoms with Gasteiger partial charge in [0.2, 0.25) is 0 Å². The minimum atomic E-state index is 0.248. The third-order valence-electron chi connectivity index (χ3n) is 3.17.